The summed E-state index contributed by atoms with van der Waals surface area (Å²) < 4.78 is 13.3. The van der Waals surface area contributed by atoms with Gasteiger partial charge in [-0.05, 0) is 83.5 Å². The normalized spacial score (nSPS) is 18.0. The molecule has 2 aliphatic rings. The first-order chi connectivity index (χ1) is 19.6. The van der Waals surface area contributed by atoms with Crippen molar-refractivity contribution in [3.05, 3.63) is 138 Å². The van der Waals surface area contributed by atoms with Crippen LogP contribution in [-0.2, 0) is 0 Å². The molecule has 1 aromatic heterocycles. The number of aromatic nitrogens is 1. The molecular weight excluding hydrogens is 516 g/mol. The largest absolute Gasteiger partial charge is 0.497 e. The standard InChI is InChI=1S/C34H30N2O3S/c1-38-27-18-14-24(15-19-27)22-26-11-7-12-29-31(26)35-34-36(32(29)25-16-20-28(39-2)21-17-25)33(37)30(40-34)13-6-10-23-8-4-3-5-9-23/h3-6,8-10,13-22,32H,7,11-12H2,1-2H3/b10-6+,26-22-,30-13-. The Labute approximate surface area is 237 Å². The number of rotatable bonds is 6. The van der Waals surface area contributed by atoms with Crippen molar-refractivity contribution in [2.24, 2.45) is 4.99 Å². The fourth-order valence-corrected chi connectivity index (χ4v) is 6.32. The monoisotopic (exact) mass is 546 g/mol. The van der Waals surface area contributed by atoms with E-state index in [1.165, 1.54) is 22.5 Å². The molecule has 200 valence electrons. The highest BCUT2D eigenvalue weighted by Crippen LogP contribution is 2.41. The summed E-state index contributed by atoms with van der Waals surface area (Å²) in [6.45, 7) is 0. The van der Waals surface area contributed by atoms with Crippen molar-refractivity contribution in [2.45, 2.75) is 25.3 Å². The van der Waals surface area contributed by atoms with Gasteiger partial charge in [0, 0.05) is 0 Å². The van der Waals surface area contributed by atoms with E-state index in [-0.39, 0.29) is 11.6 Å². The van der Waals surface area contributed by atoms with Crippen molar-refractivity contribution >= 4 is 29.6 Å². The van der Waals surface area contributed by atoms with Crippen molar-refractivity contribution in [1.29, 1.82) is 0 Å². The fourth-order valence-electron chi connectivity index (χ4n) is 5.37. The van der Waals surface area contributed by atoms with Crippen LogP contribution in [0.25, 0.3) is 18.2 Å². The SMILES string of the molecule is COc1ccc(/C=C2/CCCC3=C2N=c2s/c(=C\C=C\c4ccccc4)c(=O)n2C3c2ccc(OC)cc2)cc1. The zero-order valence-corrected chi connectivity index (χ0v) is 23.4. The summed E-state index contributed by atoms with van der Waals surface area (Å²) in [5.41, 5.74) is 6.64. The molecule has 0 amide bonds. The van der Waals surface area contributed by atoms with Gasteiger partial charge in [0.1, 0.15) is 11.5 Å². The van der Waals surface area contributed by atoms with Crippen molar-refractivity contribution in [3.63, 3.8) is 0 Å². The van der Waals surface area contributed by atoms with Crippen LogP contribution in [0.15, 0.2) is 112 Å². The quantitative estimate of drug-likeness (QED) is 0.291. The summed E-state index contributed by atoms with van der Waals surface area (Å²) in [4.78, 5) is 19.7. The minimum atomic E-state index is -0.211. The van der Waals surface area contributed by atoms with E-state index in [9.17, 15) is 4.79 Å². The Balaban J connectivity index is 1.49. The van der Waals surface area contributed by atoms with Crippen LogP contribution in [0.4, 0.5) is 0 Å². The van der Waals surface area contributed by atoms with E-state index in [1.54, 1.807) is 14.2 Å². The Morgan fingerprint density at radius 3 is 2.27 bits per heavy atom. The topological polar surface area (TPSA) is 52.8 Å². The van der Waals surface area contributed by atoms with Gasteiger partial charge in [0.2, 0.25) is 0 Å². The molecule has 1 unspecified atom stereocenters. The number of thiazole rings is 1. The zero-order chi connectivity index (χ0) is 27.5. The minimum absolute atomic E-state index is 0.0138. The van der Waals surface area contributed by atoms with Crippen molar-refractivity contribution in [2.75, 3.05) is 14.2 Å². The molecule has 0 saturated heterocycles. The lowest BCUT2D eigenvalue weighted by molar-refractivity contribution is 0.414. The summed E-state index contributed by atoms with van der Waals surface area (Å²) in [6, 6.07) is 26.0. The van der Waals surface area contributed by atoms with E-state index in [0.29, 0.717) is 4.53 Å². The van der Waals surface area contributed by atoms with Crippen LogP contribution in [0.3, 0.4) is 0 Å². The van der Waals surface area contributed by atoms with Gasteiger partial charge in [-0.3, -0.25) is 9.36 Å². The predicted molar refractivity (Wildman–Crippen MR) is 162 cm³/mol. The number of fused-ring (bicyclic) bond motifs is 1. The summed E-state index contributed by atoms with van der Waals surface area (Å²) >= 11 is 1.45. The lowest BCUT2D eigenvalue weighted by Gasteiger charge is -2.31. The lowest BCUT2D eigenvalue weighted by Crippen LogP contribution is -2.38. The Kier molecular flexibility index (Phi) is 7.34. The van der Waals surface area contributed by atoms with Gasteiger partial charge in [0.05, 0.1) is 30.5 Å². The van der Waals surface area contributed by atoms with Gasteiger partial charge in [-0.15, -0.1) is 0 Å². The van der Waals surface area contributed by atoms with Crippen LogP contribution < -0.4 is 24.4 Å². The number of hydrogen-bond donors (Lipinski definition) is 0. The summed E-state index contributed by atoms with van der Waals surface area (Å²) in [5, 5.41) is 0. The average Bonchev–Trinajstić information content (AvgIpc) is 3.32. The Morgan fingerprint density at radius 2 is 1.57 bits per heavy atom. The minimum Gasteiger partial charge on any atom is -0.497 e. The molecule has 6 heteroatoms. The fraction of sp³-hybridized carbons (Fsp3) is 0.176. The molecule has 4 aromatic rings. The number of benzene rings is 3. The second-order valence-electron chi connectivity index (χ2n) is 9.82. The maximum Gasteiger partial charge on any atom is 0.271 e. The van der Waals surface area contributed by atoms with Crippen LogP contribution in [0.5, 0.6) is 11.5 Å². The Morgan fingerprint density at radius 1 is 0.875 bits per heavy atom. The van der Waals surface area contributed by atoms with Gasteiger partial charge >= 0.3 is 0 Å². The van der Waals surface area contributed by atoms with Crippen molar-refractivity contribution < 1.29 is 9.47 Å². The van der Waals surface area contributed by atoms with Crippen LogP contribution in [0, 0.1) is 0 Å². The molecule has 1 aliphatic heterocycles. The molecule has 6 rings (SSSR count). The molecule has 40 heavy (non-hydrogen) atoms. The first kappa shape index (κ1) is 25.8. The van der Waals surface area contributed by atoms with Crippen LogP contribution in [-0.4, -0.2) is 18.8 Å². The van der Waals surface area contributed by atoms with Gasteiger partial charge < -0.3 is 9.47 Å². The molecule has 1 atom stereocenters. The summed E-state index contributed by atoms with van der Waals surface area (Å²) in [7, 11) is 3.34. The first-order valence-electron chi connectivity index (χ1n) is 13.4. The zero-order valence-electron chi connectivity index (χ0n) is 22.5. The molecule has 0 N–H and O–H groups in total. The number of methoxy groups -OCH3 is 2. The van der Waals surface area contributed by atoms with E-state index in [1.807, 2.05) is 77.4 Å². The van der Waals surface area contributed by atoms with Gasteiger partial charge in [-0.2, -0.15) is 0 Å². The number of allylic oxidation sites excluding steroid dienone is 3. The van der Waals surface area contributed by atoms with E-state index in [4.69, 9.17) is 14.5 Å². The Hall–Kier alpha value is -4.42. The predicted octanol–water partition coefficient (Wildman–Crippen LogP) is 6.17. The maximum atomic E-state index is 13.8. The van der Waals surface area contributed by atoms with Crippen molar-refractivity contribution in [3.8, 4) is 11.5 Å². The molecule has 5 nitrogen and oxygen atoms in total. The number of ether oxygens (including phenoxy) is 2. The van der Waals surface area contributed by atoms with Crippen molar-refractivity contribution in [1.82, 2.24) is 4.57 Å². The molecule has 2 heterocycles. The highest BCUT2D eigenvalue weighted by Gasteiger charge is 2.32. The lowest BCUT2D eigenvalue weighted by atomic mass is 9.84. The summed E-state index contributed by atoms with van der Waals surface area (Å²) in [5.74, 6) is 1.63. The molecule has 3 aromatic carbocycles. The molecular formula is C34H30N2O3S. The third-order valence-corrected chi connectivity index (χ3v) is 8.36. The second kappa shape index (κ2) is 11.4. The second-order valence-corrected chi connectivity index (χ2v) is 10.8. The highest BCUT2D eigenvalue weighted by molar-refractivity contribution is 7.07. The van der Waals surface area contributed by atoms with Crippen LogP contribution >= 0.6 is 11.3 Å². The average molecular weight is 547 g/mol. The smallest absolute Gasteiger partial charge is 0.271 e. The third kappa shape index (κ3) is 5.10. The maximum absolute atomic E-state index is 13.8. The molecule has 0 fully saturated rings. The van der Waals surface area contributed by atoms with Gasteiger partial charge in [-0.25, -0.2) is 4.99 Å². The van der Waals surface area contributed by atoms with E-state index >= 15 is 0 Å². The first-order valence-corrected chi connectivity index (χ1v) is 14.2. The Bertz CT molecular complexity index is 1790. The molecule has 0 spiro atoms. The van der Waals surface area contributed by atoms with E-state index in [0.717, 1.165) is 58.0 Å². The molecule has 0 radical (unpaired) electrons. The van der Waals surface area contributed by atoms with E-state index < -0.39 is 0 Å². The third-order valence-electron chi connectivity index (χ3n) is 7.36. The number of nitrogens with zero attached hydrogens (tertiary/aromatic N) is 2. The van der Waals surface area contributed by atoms with Gasteiger partial charge in [0.25, 0.3) is 5.56 Å². The van der Waals surface area contributed by atoms with Crippen LogP contribution in [0.1, 0.15) is 42.0 Å². The van der Waals surface area contributed by atoms with Crippen LogP contribution in [0.2, 0.25) is 0 Å². The van der Waals surface area contributed by atoms with Gasteiger partial charge in [-0.1, -0.05) is 78.1 Å². The number of hydrogen-bond acceptors (Lipinski definition) is 5. The summed E-state index contributed by atoms with van der Waals surface area (Å²) in [6.07, 6.45) is 10.9. The van der Waals surface area contributed by atoms with E-state index in [2.05, 4.69) is 30.3 Å². The van der Waals surface area contributed by atoms with Gasteiger partial charge in [0.15, 0.2) is 4.80 Å². The molecule has 0 bridgehead atoms. The highest BCUT2D eigenvalue weighted by atomic mass is 32.1. The molecule has 0 saturated carbocycles. The molecule has 1 aliphatic carbocycles.